The number of carbonyl (C=O) groups excluding carboxylic acids is 1. The van der Waals surface area contributed by atoms with E-state index in [-0.39, 0.29) is 16.1 Å². The Kier molecular flexibility index (Phi) is 4.87. The molecule has 2 aromatic rings. The Hall–Kier alpha value is -1.16. The predicted molar refractivity (Wildman–Crippen MR) is 81.2 cm³/mol. The summed E-state index contributed by atoms with van der Waals surface area (Å²) in [4.78, 5) is 16.2. The Morgan fingerprint density at radius 3 is 2.95 bits per heavy atom. The van der Waals surface area contributed by atoms with E-state index in [1.807, 2.05) is 6.92 Å². The molecule has 0 saturated heterocycles. The summed E-state index contributed by atoms with van der Waals surface area (Å²) in [6, 6.07) is -0.901. The van der Waals surface area contributed by atoms with Crippen LogP contribution < -0.4 is 10.0 Å². The van der Waals surface area contributed by atoms with Crippen LogP contribution in [-0.4, -0.2) is 36.3 Å². The number of sulfonamides is 1. The monoisotopic (exact) mass is 350 g/mol. The summed E-state index contributed by atoms with van der Waals surface area (Å²) in [6.07, 6.45) is 2.34. The molecule has 116 valence electrons. The van der Waals surface area contributed by atoms with E-state index < -0.39 is 16.1 Å². The number of rotatable bonds is 6. The van der Waals surface area contributed by atoms with Crippen LogP contribution in [0.3, 0.4) is 0 Å². The fourth-order valence-corrected chi connectivity index (χ4v) is 4.38. The third kappa shape index (κ3) is 3.37. The van der Waals surface area contributed by atoms with Gasteiger partial charge < -0.3 is 5.32 Å². The van der Waals surface area contributed by atoms with Gasteiger partial charge in [0, 0.05) is 18.1 Å². The average Bonchev–Trinajstić information content (AvgIpc) is 2.94. The molecular weight excluding hydrogens is 336 g/mol. The zero-order valence-corrected chi connectivity index (χ0v) is 13.8. The van der Waals surface area contributed by atoms with E-state index in [2.05, 4.69) is 15.0 Å². The normalized spacial score (nSPS) is 13.5. The van der Waals surface area contributed by atoms with Gasteiger partial charge in [-0.1, -0.05) is 18.5 Å². The van der Waals surface area contributed by atoms with Gasteiger partial charge in [0.2, 0.25) is 5.91 Å². The first-order valence-corrected chi connectivity index (χ1v) is 9.02. The van der Waals surface area contributed by atoms with Crippen molar-refractivity contribution in [2.75, 3.05) is 6.54 Å². The van der Waals surface area contributed by atoms with Gasteiger partial charge >= 0.3 is 0 Å². The minimum absolute atomic E-state index is 0.115. The van der Waals surface area contributed by atoms with Crippen molar-refractivity contribution in [3.05, 3.63) is 16.7 Å². The second kappa shape index (κ2) is 6.30. The van der Waals surface area contributed by atoms with Gasteiger partial charge in [-0.3, -0.25) is 9.20 Å². The van der Waals surface area contributed by atoms with E-state index >= 15 is 0 Å². The molecule has 0 bridgehead atoms. The lowest BCUT2D eigenvalue weighted by atomic mass is 10.3. The summed E-state index contributed by atoms with van der Waals surface area (Å²) in [5, 5.41) is 4.06. The third-order valence-corrected chi connectivity index (χ3v) is 5.40. The van der Waals surface area contributed by atoms with Crippen LogP contribution in [0.4, 0.5) is 0 Å². The number of nitrogens with zero attached hydrogens (tertiary/aromatic N) is 2. The highest BCUT2D eigenvalue weighted by Crippen LogP contribution is 2.25. The number of amides is 1. The van der Waals surface area contributed by atoms with Gasteiger partial charge in [-0.2, -0.15) is 4.72 Å². The second-order valence-corrected chi connectivity index (χ2v) is 7.26. The van der Waals surface area contributed by atoms with Gasteiger partial charge in [0.15, 0.2) is 15.1 Å². The zero-order chi connectivity index (χ0) is 15.6. The van der Waals surface area contributed by atoms with Crippen molar-refractivity contribution in [1.82, 2.24) is 19.4 Å². The fraction of sp³-hybridized carbons (Fsp3) is 0.455. The fourth-order valence-electron chi connectivity index (χ4n) is 1.72. The number of hydrogen-bond donors (Lipinski definition) is 2. The van der Waals surface area contributed by atoms with Crippen LogP contribution in [0.5, 0.6) is 0 Å². The number of nitrogens with one attached hydrogen (secondary N) is 2. The molecule has 0 aromatic carbocycles. The Labute approximate surface area is 131 Å². The van der Waals surface area contributed by atoms with E-state index in [1.165, 1.54) is 22.7 Å². The van der Waals surface area contributed by atoms with Gasteiger partial charge in [0.05, 0.1) is 6.04 Å². The van der Waals surface area contributed by atoms with E-state index in [4.69, 9.17) is 11.6 Å². The number of thiazole rings is 1. The molecule has 0 aliphatic rings. The summed E-state index contributed by atoms with van der Waals surface area (Å²) >= 11 is 7.17. The maximum absolute atomic E-state index is 12.4. The molecule has 0 aliphatic carbocycles. The summed E-state index contributed by atoms with van der Waals surface area (Å²) in [5.74, 6) is -0.386. The molecule has 1 atom stereocenters. The van der Waals surface area contributed by atoms with E-state index in [0.717, 1.165) is 6.42 Å². The number of aromatic nitrogens is 2. The van der Waals surface area contributed by atoms with Crippen molar-refractivity contribution in [3.63, 3.8) is 0 Å². The first-order chi connectivity index (χ1) is 9.86. The van der Waals surface area contributed by atoms with Crippen LogP contribution in [-0.2, 0) is 14.8 Å². The average molecular weight is 351 g/mol. The van der Waals surface area contributed by atoms with Crippen LogP contribution in [0.25, 0.3) is 4.96 Å². The SMILES string of the molecule is CCCNC(=O)C(C)NS(=O)(=O)c1c(Cl)nc2sccn12. The first kappa shape index (κ1) is 16.2. The molecule has 1 unspecified atom stereocenters. The van der Waals surface area contributed by atoms with Gasteiger partial charge in [-0.25, -0.2) is 13.4 Å². The largest absolute Gasteiger partial charge is 0.355 e. The predicted octanol–water partition coefficient (Wildman–Crippen LogP) is 1.24. The number of fused-ring (bicyclic) bond motifs is 1. The summed E-state index contributed by atoms with van der Waals surface area (Å²) in [5.41, 5.74) is 0. The van der Waals surface area contributed by atoms with Crippen LogP contribution >= 0.6 is 22.9 Å². The third-order valence-electron chi connectivity index (χ3n) is 2.71. The lowest BCUT2D eigenvalue weighted by Gasteiger charge is -2.13. The van der Waals surface area contributed by atoms with E-state index in [1.54, 1.807) is 11.6 Å². The van der Waals surface area contributed by atoms with Crippen LogP contribution in [0.2, 0.25) is 5.15 Å². The molecule has 10 heteroatoms. The number of hydrogen-bond acceptors (Lipinski definition) is 5. The topological polar surface area (TPSA) is 92.6 Å². The van der Waals surface area contributed by atoms with Gasteiger partial charge in [-0.15, -0.1) is 11.3 Å². The summed E-state index contributed by atoms with van der Waals surface area (Å²) < 4.78 is 28.5. The second-order valence-electron chi connectivity index (χ2n) is 4.40. The molecule has 2 heterocycles. The number of carbonyl (C=O) groups is 1. The lowest BCUT2D eigenvalue weighted by Crippen LogP contribution is -2.45. The lowest BCUT2D eigenvalue weighted by molar-refractivity contribution is -0.122. The molecule has 0 fully saturated rings. The molecule has 0 radical (unpaired) electrons. The van der Waals surface area contributed by atoms with Crippen molar-refractivity contribution in [3.8, 4) is 0 Å². The molecule has 7 nitrogen and oxygen atoms in total. The highest BCUT2D eigenvalue weighted by molar-refractivity contribution is 7.89. The van der Waals surface area contributed by atoms with Crippen molar-refractivity contribution in [2.24, 2.45) is 0 Å². The zero-order valence-electron chi connectivity index (χ0n) is 11.5. The maximum Gasteiger partial charge on any atom is 0.260 e. The van der Waals surface area contributed by atoms with Crippen molar-refractivity contribution < 1.29 is 13.2 Å². The quantitative estimate of drug-likeness (QED) is 0.819. The molecule has 0 spiro atoms. The smallest absolute Gasteiger partial charge is 0.260 e. The standard InChI is InChI=1S/C11H15ClN4O3S2/c1-3-4-13-9(17)7(2)15-21(18,19)10-8(12)14-11-16(10)5-6-20-11/h5-7,15H,3-4H2,1-2H3,(H,13,17). The Morgan fingerprint density at radius 1 is 1.57 bits per heavy atom. The van der Waals surface area contributed by atoms with E-state index in [0.29, 0.717) is 11.5 Å². The Balaban J connectivity index is 2.24. The minimum Gasteiger partial charge on any atom is -0.355 e. The van der Waals surface area contributed by atoms with Gasteiger partial charge in [0.1, 0.15) is 0 Å². The molecule has 21 heavy (non-hydrogen) atoms. The maximum atomic E-state index is 12.4. The molecule has 0 saturated carbocycles. The molecule has 2 rings (SSSR count). The van der Waals surface area contributed by atoms with Crippen LogP contribution in [0.15, 0.2) is 16.6 Å². The van der Waals surface area contributed by atoms with Crippen molar-refractivity contribution >= 4 is 43.8 Å². The molecule has 0 aliphatic heterocycles. The van der Waals surface area contributed by atoms with Crippen molar-refractivity contribution in [2.45, 2.75) is 31.3 Å². The van der Waals surface area contributed by atoms with Crippen molar-refractivity contribution in [1.29, 1.82) is 0 Å². The molecule has 2 N–H and O–H groups in total. The van der Waals surface area contributed by atoms with Crippen LogP contribution in [0.1, 0.15) is 20.3 Å². The summed E-state index contributed by atoms with van der Waals surface area (Å²) in [7, 11) is -3.95. The van der Waals surface area contributed by atoms with Gasteiger partial charge in [0.25, 0.3) is 10.0 Å². The Morgan fingerprint density at radius 2 is 2.29 bits per heavy atom. The number of halogens is 1. The number of imidazole rings is 1. The Bertz CT molecular complexity index is 753. The molecule has 2 aromatic heterocycles. The van der Waals surface area contributed by atoms with E-state index in [9.17, 15) is 13.2 Å². The highest BCUT2D eigenvalue weighted by Gasteiger charge is 2.28. The molecular formula is C11H15ClN4O3S2. The minimum atomic E-state index is -3.95. The van der Waals surface area contributed by atoms with Gasteiger partial charge in [-0.05, 0) is 13.3 Å². The highest BCUT2D eigenvalue weighted by atomic mass is 35.5. The summed E-state index contributed by atoms with van der Waals surface area (Å²) in [6.45, 7) is 3.88. The molecule has 1 amide bonds. The first-order valence-electron chi connectivity index (χ1n) is 6.28. The van der Waals surface area contributed by atoms with Crippen LogP contribution in [0, 0.1) is 0 Å².